The molecule has 0 unspecified atom stereocenters. The lowest BCUT2D eigenvalue weighted by Gasteiger charge is -2.10. The first kappa shape index (κ1) is 21.0. The van der Waals surface area contributed by atoms with Gasteiger partial charge in [-0.3, -0.25) is 9.36 Å². The van der Waals surface area contributed by atoms with Gasteiger partial charge in [0.15, 0.2) is 11.0 Å². The van der Waals surface area contributed by atoms with Gasteiger partial charge in [-0.15, -0.1) is 21.5 Å². The fourth-order valence-electron chi connectivity index (χ4n) is 2.91. The summed E-state index contributed by atoms with van der Waals surface area (Å²) < 4.78 is 1.97. The largest absolute Gasteiger partial charge is 0.272 e. The fraction of sp³-hybridized carbons (Fsp3) is 0.130. The van der Waals surface area contributed by atoms with E-state index in [9.17, 15) is 4.79 Å². The van der Waals surface area contributed by atoms with Gasteiger partial charge in [0.05, 0.1) is 11.5 Å². The molecule has 156 valence electrons. The van der Waals surface area contributed by atoms with Crippen LogP contribution in [0.2, 0.25) is 0 Å². The molecule has 0 aliphatic carbocycles. The van der Waals surface area contributed by atoms with Gasteiger partial charge in [0.25, 0.3) is 5.91 Å². The topological polar surface area (TPSA) is 72.2 Å². The molecule has 0 saturated carbocycles. The standard InChI is InChI=1S/C23H21N5OS2/c1-16-10-12-18(13-11-16)22-26-27-23(28(22)19-7-4-3-5-8-19)31-15-21(29)25-24-17(2)20-9-6-14-30-20/h3-14H,15H2,1-2H3,(H,25,29)/b24-17+. The average Bonchev–Trinajstić information content (AvgIpc) is 3.47. The van der Waals surface area contributed by atoms with E-state index in [1.54, 1.807) is 11.3 Å². The van der Waals surface area contributed by atoms with Crippen LogP contribution in [-0.2, 0) is 4.79 Å². The highest BCUT2D eigenvalue weighted by molar-refractivity contribution is 7.99. The number of aryl methyl sites for hydroxylation is 1. The third-order valence-electron chi connectivity index (χ3n) is 4.52. The van der Waals surface area contributed by atoms with Crippen LogP contribution in [-0.4, -0.2) is 32.1 Å². The number of aromatic nitrogens is 3. The molecule has 1 amide bonds. The van der Waals surface area contributed by atoms with Crippen LogP contribution in [0.5, 0.6) is 0 Å². The first-order chi connectivity index (χ1) is 15.1. The number of para-hydroxylation sites is 1. The van der Waals surface area contributed by atoms with E-state index in [0.717, 1.165) is 27.7 Å². The Bertz CT molecular complexity index is 1180. The van der Waals surface area contributed by atoms with Crippen molar-refractivity contribution in [2.45, 2.75) is 19.0 Å². The maximum Gasteiger partial charge on any atom is 0.250 e. The molecule has 6 nitrogen and oxygen atoms in total. The van der Waals surface area contributed by atoms with Crippen LogP contribution in [0, 0.1) is 6.92 Å². The molecule has 0 fully saturated rings. The van der Waals surface area contributed by atoms with Gasteiger partial charge < -0.3 is 0 Å². The zero-order valence-corrected chi connectivity index (χ0v) is 18.8. The Balaban J connectivity index is 1.53. The molecule has 1 N–H and O–H groups in total. The Morgan fingerprint density at radius 1 is 1.06 bits per heavy atom. The van der Waals surface area contributed by atoms with Gasteiger partial charge in [0, 0.05) is 16.1 Å². The van der Waals surface area contributed by atoms with E-state index in [1.807, 2.05) is 90.5 Å². The Hall–Kier alpha value is -3.23. The quantitative estimate of drug-likeness (QED) is 0.248. The van der Waals surface area contributed by atoms with Crippen LogP contribution < -0.4 is 5.43 Å². The minimum absolute atomic E-state index is 0.181. The smallest absolute Gasteiger partial charge is 0.250 e. The maximum absolute atomic E-state index is 12.4. The molecule has 0 spiro atoms. The van der Waals surface area contributed by atoms with E-state index < -0.39 is 0 Å². The number of hydrazone groups is 1. The van der Waals surface area contributed by atoms with Crippen LogP contribution in [0.15, 0.2) is 82.4 Å². The molecule has 0 saturated heterocycles. The monoisotopic (exact) mass is 447 g/mol. The van der Waals surface area contributed by atoms with E-state index >= 15 is 0 Å². The summed E-state index contributed by atoms with van der Waals surface area (Å²) in [6.45, 7) is 3.92. The summed E-state index contributed by atoms with van der Waals surface area (Å²) >= 11 is 2.91. The molecule has 31 heavy (non-hydrogen) atoms. The van der Waals surface area contributed by atoms with Crippen LogP contribution in [0.1, 0.15) is 17.4 Å². The van der Waals surface area contributed by atoms with Gasteiger partial charge in [-0.1, -0.05) is 65.9 Å². The molecule has 4 rings (SSSR count). The number of hydrogen-bond donors (Lipinski definition) is 1. The van der Waals surface area contributed by atoms with Gasteiger partial charge in [0.2, 0.25) is 0 Å². The summed E-state index contributed by atoms with van der Waals surface area (Å²) in [6, 6.07) is 22.0. The molecule has 2 aromatic heterocycles. The molecular weight excluding hydrogens is 426 g/mol. The van der Waals surface area contributed by atoms with Gasteiger partial charge in [-0.05, 0) is 37.4 Å². The van der Waals surface area contributed by atoms with Gasteiger partial charge in [-0.2, -0.15) is 5.10 Å². The Morgan fingerprint density at radius 3 is 2.55 bits per heavy atom. The predicted molar refractivity (Wildman–Crippen MR) is 127 cm³/mol. The Morgan fingerprint density at radius 2 is 1.84 bits per heavy atom. The molecular formula is C23H21N5OS2. The highest BCUT2D eigenvalue weighted by atomic mass is 32.2. The van der Waals surface area contributed by atoms with Crippen LogP contribution >= 0.6 is 23.1 Å². The minimum Gasteiger partial charge on any atom is -0.272 e. The molecule has 0 atom stereocenters. The van der Waals surface area contributed by atoms with E-state index in [0.29, 0.717) is 5.16 Å². The second kappa shape index (κ2) is 9.72. The summed E-state index contributed by atoms with van der Waals surface area (Å²) in [5.41, 5.74) is 6.49. The number of amides is 1. The van der Waals surface area contributed by atoms with Gasteiger partial charge in [-0.25, -0.2) is 5.43 Å². The van der Waals surface area contributed by atoms with Crippen molar-refractivity contribution in [2.24, 2.45) is 5.10 Å². The van der Waals surface area contributed by atoms with E-state index in [2.05, 4.69) is 20.7 Å². The second-order valence-corrected chi connectivity index (χ2v) is 8.73. The molecule has 8 heteroatoms. The molecule has 0 aliphatic rings. The number of nitrogens with one attached hydrogen (secondary N) is 1. The summed E-state index contributed by atoms with van der Waals surface area (Å²) in [6.07, 6.45) is 0. The van der Waals surface area contributed by atoms with Gasteiger partial charge >= 0.3 is 0 Å². The number of rotatable bonds is 7. The van der Waals surface area contributed by atoms with Crippen molar-refractivity contribution in [1.29, 1.82) is 0 Å². The minimum atomic E-state index is -0.194. The third kappa shape index (κ3) is 5.10. The lowest BCUT2D eigenvalue weighted by molar-refractivity contribution is -0.118. The zero-order chi connectivity index (χ0) is 21.6. The van der Waals surface area contributed by atoms with Crippen LogP contribution in [0.4, 0.5) is 0 Å². The number of hydrogen-bond acceptors (Lipinski definition) is 6. The molecule has 2 heterocycles. The lowest BCUT2D eigenvalue weighted by Crippen LogP contribution is -2.21. The Labute approximate surface area is 189 Å². The number of thiophene rings is 1. The zero-order valence-electron chi connectivity index (χ0n) is 17.1. The Kier molecular flexibility index (Phi) is 6.59. The van der Waals surface area contributed by atoms with Crippen molar-refractivity contribution < 1.29 is 4.79 Å². The predicted octanol–water partition coefficient (Wildman–Crippen LogP) is 4.94. The highest BCUT2D eigenvalue weighted by Crippen LogP contribution is 2.28. The average molecular weight is 448 g/mol. The van der Waals surface area contributed by atoms with Crippen LogP contribution in [0.3, 0.4) is 0 Å². The summed E-state index contributed by atoms with van der Waals surface area (Å²) in [5, 5.41) is 15.6. The molecule has 4 aromatic rings. The molecule has 0 aliphatic heterocycles. The van der Waals surface area contributed by atoms with Crippen molar-refractivity contribution in [2.75, 3.05) is 5.75 Å². The van der Waals surface area contributed by atoms with Crippen molar-refractivity contribution in [3.8, 4) is 17.1 Å². The SMILES string of the molecule is C/C(=N\NC(=O)CSc1nnc(-c2ccc(C)cc2)n1-c1ccccc1)c1cccs1. The van der Waals surface area contributed by atoms with E-state index in [4.69, 9.17) is 0 Å². The fourth-order valence-corrected chi connectivity index (χ4v) is 4.33. The summed E-state index contributed by atoms with van der Waals surface area (Å²) in [7, 11) is 0. The number of carbonyl (C=O) groups excluding carboxylic acids is 1. The maximum atomic E-state index is 12.4. The molecule has 0 radical (unpaired) electrons. The van der Waals surface area contributed by atoms with Crippen molar-refractivity contribution in [3.05, 3.63) is 82.6 Å². The molecule has 0 bridgehead atoms. The normalized spacial score (nSPS) is 11.5. The molecule has 2 aromatic carbocycles. The number of nitrogens with zero attached hydrogens (tertiary/aromatic N) is 4. The van der Waals surface area contributed by atoms with Gasteiger partial charge in [0.1, 0.15) is 0 Å². The second-order valence-electron chi connectivity index (χ2n) is 6.84. The first-order valence-corrected chi connectivity index (χ1v) is 11.6. The first-order valence-electron chi connectivity index (χ1n) is 9.69. The third-order valence-corrected chi connectivity index (χ3v) is 6.42. The number of benzene rings is 2. The number of thioether (sulfide) groups is 1. The van der Waals surface area contributed by atoms with E-state index in [-0.39, 0.29) is 11.7 Å². The number of carbonyl (C=O) groups is 1. The highest BCUT2D eigenvalue weighted by Gasteiger charge is 2.17. The van der Waals surface area contributed by atoms with Crippen molar-refractivity contribution >= 4 is 34.7 Å². The van der Waals surface area contributed by atoms with Crippen molar-refractivity contribution in [3.63, 3.8) is 0 Å². The van der Waals surface area contributed by atoms with E-state index in [1.165, 1.54) is 17.3 Å². The van der Waals surface area contributed by atoms with Crippen molar-refractivity contribution in [1.82, 2.24) is 20.2 Å². The summed E-state index contributed by atoms with van der Waals surface area (Å²) in [4.78, 5) is 13.4. The summed E-state index contributed by atoms with van der Waals surface area (Å²) in [5.74, 6) is 0.723. The lowest BCUT2D eigenvalue weighted by atomic mass is 10.1. The van der Waals surface area contributed by atoms with Crippen LogP contribution in [0.25, 0.3) is 17.1 Å².